The SMILES string of the molecule is CCn1nc(C)c(C(C)NC(=O)CN(C)Cc2cccnc2)c1C. The second kappa shape index (κ2) is 8.06. The Hall–Kier alpha value is -2.21. The predicted molar refractivity (Wildman–Crippen MR) is 94.5 cm³/mol. The monoisotopic (exact) mass is 329 g/mol. The van der Waals surface area contributed by atoms with E-state index in [0.717, 1.165) is 29.1 Å². The number of aryl methyl sites for hydroxylation is 2. The van der Waals surface area contributed by atoms with Gasteiger partial charge in [-0.15, -0.1) is 0 Å². The zero-order chi connectivity index (χ0) is 17.7. The summed E-state index contributed by atoms with van der Waals surface area (Å²) in [6.07, 6.45) is 3.57. The third-order valence-corrected chi connectivity index (χ3v) is 4.14. The first-order chi connectivity index (χ1) is 11.4. The molecule has 0 saturated heterocycles. The van der Waals surface area contributed by atoms with E-state index in [2.05, 4.69) is 29.2 Å². The van der Waals surface area contributed by atoms with Gasteiger partial charge in [-0.3, -0.25) is 19.4 Å². The first kappa shape index (κ1) is 18.1. The highest BCUT2D eigenvalue weighted by atomic mass is 16.2. The number of hydrogen-bond donors (Lipinski definition) is 1. The molecule has 0 aromatic carbocycles. The van der Waals surface area contributed by atoms with Gasteiger partial charge < -0.3 is 5.32 Å². The Kier molecular flexibility index (Phi) is 6.09. The fourth-order valence-corrected chi connectivity index (χ4v) is 3.11. The highest BCUT2D eigenvalue weighted by Gasteiger charge is 2.19. The van der Waals surface area contributed by atoms with Crippen LogP contribution in [-0.4, -0.2) is 39.2 Å². The molecule has 0 aliphatic carbocycles. The fraction of sp³-hybridized carbons (Fsp3) is 0.500. The van der Waals surface area contributed by atoms with E-state index in [0.29, 0.717) is 13.1 Å². The van der Waals surface area contributed by atoms with Gasteiger partial charge >= 0.3 is 0 Å². The van der Waals surface area contributed by atoms with Gasteiger partial charge in [0.1, 0.15) is 0 Å². The summed E-state index contributed by atoms with van der Waals surface area (Å²) in [6.45, 7) is 10.00. The van der Waals surface area contributed by atoms with E-state index in [1.165, 1.54) is 0 Å². The number of amides is 1. The molecule has 1 unspecified atom stereocenters. The summed E-state index contributed by atoms with van der Waals surface area (Å²) in [5, 5.41) is 7.60. The Bertz CT molecular complexity index is 680. The lowest BCUT2D eigenvalue weighted by Gasteiger charge is -2.19. The smallest absolute Gasteiger partial charge is 0.234 e. The molecular weight excluding hydrogens is 302 g/mol. The molecule has 1 amide bonds. The van der Waals surface area contributed by atoms with Gasteiger partial charge in [-0.1, -0.05) is 6.07 Å². The second-order valence-electron chi connectivity index (χ2n) is 6.22. The second-order valence-corrected chi connectivity index (χ2v) is 6.22. The number of rotatable bonds is 7. The number of likely N-dealkylation sites (N-methyl/N-ethyl adjacent to an activating group) is 1. The molecule has 2 heterocycles. The Morgan fingerprint density at radius 2 is 2.17 bits per heavy atom. The fourth-order valence-electron chi connectivity index (χ4n) is 3.11. The van der Waals surface area contributed by atoms with E-state index in [-0.39, 0.29) is 11.9 Å². The quantitative estimate of drug-likeness (QED) is 0.846. The van der Waals surface area contributed by atoms with Crippen molar-refractivity contribution in [2.75, 3.05) is 13.6 Å². The van der Waals surface area contributed by atoms with Gasteiger partial charge in [0.05, 0.1) is 18.3 Å². The Morgan fingerprint density at radius 3 is 2.75 bits per heavy atom. The highest BCUT2D eigenvalue weighted by molar-refractivity contribution is 5.78. The largest absolute Gasteiger partial charge is 0.348 e. The first-order valence-electron chi connectivity index (χ1n) is 8.33. The molecule has 0 spiro atoms. The van der Waals surface area contributed by atoms with Crippen molar-refractivity contribution in [2.24, 2.45) is 0 Å². The van der Waals surface area contributed by atoms with Gasteiger partial charge in [-0.25, -0.2) is 0 Å². The standard InChI is InChI=1S/C18H27N5O/c1-6-23-15(4)18(14(3)21-23)13(2)20-17(24)12-22(5)11-16-8-7-9-19-10-16/h7-10,13H,6,11-12H2,1-5H3,(H,20,24). The average Bonchev–Trinajstić information content (AvgIpc) is 2.81. The van der Waals surface area contributed by atoms with Gasteiger partial charge in [0.15, 0.2) is 0 Å². The zero-order valence-electron chi connectivity index (χ0n) is 15.2. The summed E-state index contributed by atoms with van der Waals surface area (Å²) < 4.78 is 1.97. The van der Waals surface area contributed by atoms with Gasteiger partial charge in [0.2, 0.25) is 5.91 Å². The van der Waals surface area contributed by atoms with Gasteiger partial charge in [-0.05, 0) is 46.4 Å². The van der Waals surface area contributed by atoms with E-state index in [9.17, 15) is 4.79 Å². The molecule has 130 valence electrons. The lowest BCUT2D eigenvalue weighted by Crippen LogP contribution is -2.36. The Morgan fingerprint density at radius 1 is 1.42 bits per heavy atom. The first-order valence-corrected chi connectivity index (χ1v) is 8.33. The van der Waals surface area contributed by atoms with Crippen molar-refractivity contribution >= 4 is 5.91 Å². The molecular formula is C18H27N5O. The van der Waals surface area contributed by atoms with Crippen molar-refractivity contribution in [3.05, 3.63) is 47.0 Å². The van der Waals surface area contributed by atoms with Gasteiger partial charge in [0, 0.05) is 36.7 Å². The number of pyridine rings is 1. The molecule has 0 saturated carbocycles. The van der Waals surface area contributed by atoms with E-state index in [1.807, 2.05) is 48.8 Å². The molecule has 1 N–H and O–H groups in total. The van der Waals surface area contributed by atoms with E-state index in [1.54, 1.807) is 6.20 Å². The Balaban J connectivity index is 1.93. The average molecular weight is 329 g/mol. The molecule has 0 aliphatic heterocycles. The summed E-state index contributed by atoms with van der Waals surface area (Å²) in [7, 11) is 1.93. The molecule has 24 heavy (non-hydrogen) atoms. The van der Waals surface area contributed by atoms with Crippen LogP contribution in [0.5, 0.6) is 0 Å². The van der Waals surface area contributed by atoms with Crippen molar-refractivity contribution in [3.8, 4) is 0 Å². The summed E-state index contributed by atoms with van der Waals surface area (Å²) >= 11 is 0. The molecule has 2 aromatic heterocycles. The van der Waals surface area contributed by atoms with Gasteiger partial charge in [0.25, 0.3) is 0 Å². The third kappa shape index (κ3) is 4.41. The minimum Gasteiger partial charge on any atom is -0.348 e. The van der Waals surface area contributed by atoms with Crippen molar-refractivity contribution in [1.82, 2.24) is 25.0 Å². The van der Waals surface area contributed by atoms with Gasteiger partial charge in [-0.2, -0.15) is 5.10 Å². The molecule has 0 radical (unpaired) electrons. The molecule has 0 bridgehead atoms. The topological polar surface area (TPSA) is 63.1 Å². The van der Waals surface area contributed by atoms with E-state index >= 15 is 0 Å². The van der Waals surface area contributed by atoms with Crippen LogP contribution in [0.2, 0.25) is 0 Å². The maximum absolute atomic E-state index is 12.3. The zero-order valence-corrected chi connectivity index (χ0v) is 15.2. The number of hydrogen-bond acceptors (Lipinski definition) is 4. The molecule has 2 aromatic rings. The van der Waals surface area contributed by atoms with Crippen molar-refractivity contribution in [2.45, 2.75) is 46.8 Å². The highest BCUT2D eigenvalue weighted by Crippen LogP contribution is 2.21. The minimum absolute atomic E-state index is 0.0111. The maximum Gasteiger partial charge on any atom is 0.234 e. The number of aromatic nitrogens is 3. The van der Waals surface area contributed by atoms with Crippen LogP contribution in [0.4, 0.5) is 0 Å². The maximum atomic E-state index is 12.3. The van der Waals surface area contributed by atoms with E-state index < -0.39 is 0 Å². The van der Waals surface area contributed by atoms with Crippen LogP contribution in [0.25, 0.3) is 0 Å². The number of carbonyl (C=O) groups excluding carboxylic acids is 1. The number of nitrogens with one attached hydrogen (secondary N) is 1. The third-order valence-electron chi connectivity index (χ3n) is 4.14. The van der Waals surface area contributed by atoms with Crippen LogP contribution in [0, 0.1) is 13.8 Å². The normalized spacial score (nSPS) is 12.4. The molecule has 1 atom stereocenters. The Labute approximate surface area is 143 Å². The molecule has 0 fully saturated rings. The molecule has 2 rings (SSSR count). The molecule has 6 nitrogen and oxygen atoms in total. The van der Waals surface area contributed by atoms with Crippen LogP contribution in [-0.2, 0) is 17.9 Å². The summed E-state index contributed by atoms with van der Waals surface area (Å²) in [5.41, 5.74) is 4.30. The van der Waals surface area contributed by atoms with Crippen LogP contribution < -0.4 is 5.32 Å². The summed E-state index contributed by atoms with van der Waals surface area (Å²) in [6, 6.07) is 3.86. The lowest BCUT2D eigenvalue weighted by atomic mass is 10.1. The van der Waals surface area contributed by atoms with E-state index in [4.69, 9.17) is 0 Å². The number of nitrogens with zero attached hydrogens (tertiary/aromatic N) is 4. The van der Waals surface area contributed by atoms with Crippen molar-refractivity contribution < 1.29 is 4.79 Å². The molecule has 0 aliphatic rings. The lowest BCUT2D eigenvalue weighted by molar-refractivity contribution is -0.122. The van der Waals surface area contributed by atoms with Crippen molar-refractivity contribution in [3.63, 3.8) is 0 Å². The minimum atomic E-state index is -0.0513. The number of carbonyl (C=O) groups is 1. The van der Waals surface area contributed by atoms with Crippen LogP contribution >= 0.6 is 0 Å². The van der Waals surface area contributed by atoms with Crippen LogP contribution in [0.15, 0.2) is 24.5 Å². The van der Waals surface area contributed by atoms with Crippen LogP contribution in [0.3, 0.4) is 0 Å². The predicted octanol–water partition coefficient (Wildman–Crippen LogP) is 2.22. The van der Waals surface area contributed by atoms with Crippen LogP contribution in [0.1, 0.15) is 42.4 Å². The summed E-state index contributed by atoms with van der Waals surface area (Å²) in [5.74, 6) is 0.0111. The van der Waals surface area contributed by atoms with Crippen molar-refractivity contribution in [1.29, 1.82) is 0 Å². The summed E-state index contributed by atoms with van der Waals surface area (Å²) in [4.78, 5) is 18.4. The molecule has 6 heteroatoms.